The highest BCUT2D eigenvalue weighted by Crippen LogP contribution is 2.25. The van der Waals surface area contributed by atoms with Crippen molar-refractivity contribution in [3.05, 3.63) is 0 Å². The third-order valence-corrected chi connectivity index (χ3v) is 4.06. The number of hydrogen-bond acceptors (Lipinski definition) is 2. The van der Waals surface area contributed by atoms with Gasteiger partial charge in [0.15, 0.2) is 0 Å². The van der Waals surface area contributed by atoms with Crippen molar-refractivity contribution in [2.75, 3.05) is 19.6 Å². The lowest BCUT2D eigenvalue weighted by molar-refractivity contribution is -0.142. The van der Waals surface area contributed by atoms with Crippen LogP contribution in [0.1, 0.15) is 46.5 Å². The second kappa shape index (κ2) is 7.00. The fraction of sp³-hybridized carbons (Fsp3) is 0.929. The molecule has 100 valence electrons. The fourth-order valence-electron chi connectivity index (χ4n) is 2.82. The largest absolute Gasteiger partial charge is 0.481 e. The van der Waals surface area contributed by atoms with Gasteiger partial charge in [-0.1, -0.05) is 40.0 Å². The second-order valence-corrected chi connectivity index (χ2v) is 5.56. The summed E-state index contributed by atoms with van der Waals surface area (Å²) < 4.78 is 0. The Kier molecular flexibility index (Phi) is 5.96. The van der Waals surface area contributed by atoms with E-state index in [1.165, 1.54) is 25.7 Å². The summed E-state index contributed by atoms with van der Waals surface area (Å²) in [6.07, 6.45) is 5.05. The van der Waals surface area contributed by atoms with Crippen LogP contribution in [0, 0.1) is 17.8 Å². The van der Waals surface area contributed by atoms with Crippen LogP contribution in [0.25, 0.3) is 0 Å². The van der Waals surface area contributed by atoms with E-state index in [1.54, 1.807) is 0 Å². The third-order valence-electron chi connectivity index (χ3n) is 4.06. The fourth-order valence-corrected chi connectivity index (χ4v) is 2.82. The molecule has 0 spiro atoms. The maximum Gasteiger partial charge on any atom is 0.308 e. The number of carboxylic acids is 1. The molecule has 0 amide bonds. The Balaban J connectivity index is 2.39. The number of carboxylic acid groups (broad SMARTS) is 1. The van der Waals surface area contributed by atoms with Crippen LogP contribution in [0.3, 0.4) is 0 Å². The molecule has 1 heterocycles. The average Bonchev–Trinajstić information content (AvgIpc) is 2.65. The van der Waals surface area contributed by atoms with Gasteiger partial charge in [0.2, 0.25) is 0 Å². The molecule has 1 N–H and O–H groups in total. The molecule has 1 rings (SSSR count). The van der Waals surface area contributed by atoms with Gasteiger partial charge in [-0.2, -0.15) is 0 Å². The van der Waals surface area contributed by atoms with Crippen molar-refractivity contribution in [3.8, 4) is 0 Å². The molecular formula is C14H27NO2. The van der Waals surface area contributed by atoms with Crippen LogP contribution in [-0.4, -0.2) is 35.6 Å². The summed E-state index contributed by atoms with van der Waals surface area (Å²) in [5.74, 6) is 0.270. The normalized spacial score (nSPS) is 27.2. The Morgan fingerprint density at radius 2 is 2.12 bits per heavy atom. The van der Waals surface area contributed by atoms with Gasteiger partial charge in [-0.05, 0) is 18.3 Å². The number of rotatable bonds is 7. The first-order valence-corrected chi connectivity index (χ1v) is 7.03. The molecule has 0 aliphatic carbocycles. The first-order valence-electron chi connectivity index (χ1n) is 7.03. The van der Waals surface area contributed by atoms with Crippen LogP contribution < -0.4 is 0 Å². The van der Waals surface area contributed by atoms with Gasteiger partial charge in [0.25, 0.3) is 0 Å². The number of carbonyl (C=O) groups is 1. The standard InChI is InChI=1S/C14H27NO2/c1-4-6-7-12(5-2)9-15-8-11(3)13(10-15)14(16)17/h11-13H,4-10H2,1-3H3,(H,16,17). The number of nitrogens with zero attached hydrogens (tertiary/aromatic N) is 1. The second-order valence-electron chi connectivity index (χ2n) is 5.56. The molecule has 1 aliphatic heterocycles. The van der Waals surface area contributed by atoms with Gasteiger partial charge in [0, 0.05) is 19.6 Å². The van der Waals surface area contributed by atoms with E-state index in [0.717, 1.165) is 25.6 Å². The van der Waals surface area contributed by atoms with Crippen molar-refractivity contribution < 1.29 is 9.90 Å². The summed E-state index contributed by atoms with van der Waals surface area (Å²) in [5.41, 5.74) is 0. The Morgan fingerprint density at radius 1 is 1.41 bits per heavy atom. The Hall–Kier alpha value is -0.570. The minimum atomic E-state index is -0.624. The highest BCUT2D eigenvalue weighted by atomic mass is 16.4. The van der Waals surface area contributed by atoms with Crippen molar-refractivity contribution in [3.63, 3.8) is 0 Å². The molecule has 0 aromatic carbocycles. The summed E-state index contributed by atoms with van der Waals surface area (Å²) in [6, 6.07) is 0. The number of unbranched alkanes of at least 4 members (excludes halogenated alkanes) is 1. The molecule has 0 aromatic rings. The van der Waals surface area contributed by atoms with E-state index < -0.39 is 5.97 Å². The molecule has 3 nitrogen and oxygen atoms in total. The van der Waals surface area contributed by atoms with Crippen LogP contribution in [0.2, 0.25) is 0 Å². The zero-order valence-corrected chi connectivity index (χ0v) is 11.5. The van der Waals surface area contributed by atoms with E-state index in [-0.39, 0.29) is 5.92 Å². The smallest absolute Gasteiger partial charge is 0.308 e. The van der Waals surface area contributed by atoms with E-state index in [2.05, 4.69) is 25.7 Å². The topological polar surface area (TPSA) is 40.5 Å². The zero-order valence-electron chi connectivity index (χ0n) is 11.5. The Bertz CT molecular complexity index is 242. The minimum absolute atomic E-state index is 0.154. The summed E-state index contributed by atoms with van der Waals surface area (Å²) in [4.78, 5) is 13.4. The molecule has 3 atom stereocenters. The van der Waals surface area contributed by atoms with Gasteiger partial charge in [-0.15, -0.1) is 0 Å². The van der Waals surface area contributed by atoms with Crippen molar-refractivity contribution in [2.24, 2.45) is 17.8 Å². The lowest BCUT2D eigenvalue weighted by Crippen LogP contribution is -2.28. The molecule has 1 aliphatic rings. The number of aliphatic carboxylic acids is 1. The molecule has 0 aromatic heterocycles. The predicted molar refractivity (Wildman–Crippen MR) is 70.0 cm³/mol. The van der Waals surface area contributed by atoms with E-state index in [4.69, 9.17) is 5.11 Å². The summed E-state index contributed by atoms with van der Waals surface area (Å²) in [5, 5.41) is 9.11. The van der Waals surface area contributed by atoms with Crippen molar-refractivity contribution in [2.45, 2.75) is 46.5 Å². The lowest BCUT2D eigenvalue weighted by atomic mass is 9.99. The van der Waals surface area contributed by atoms with Gasteiger partial charge >= 0.3 is 5.97 Å². The van der Waals surface area contributed by atoms with Crippen molar-refractivity contribution in [1.29, 1.82) is 0 Å². The average molecular weight is 241 g/mol. The van der Waals surface area contributed by atoms with E-state index >= 15 is 0 Å². The van der Waals surface area contributed by atoms with Crippen LogP contribution in [0.15, 0.2) is 0 Å². The molecule has 1 saturated heterocycles. The Labute approximate surface area is 105 Å². The van der Waals surface area contributed by atoms with Gasteiger partial charge in [-0.3, -0.25) is 4.79 Å². The number of likely N-dealkylation sites (tertiary alicyclic amines) is 1. The minimum Gasteiger partial charge on any atom is -0.481 e. The Morgan fingerprint density at radius 3 is 2.59 bits per heavy atom. The van der Waals surface area contributed by atoms with Gasteiger partial charge in [-0.25, -0.2) is 0 Å². The van der Waals surface area contributed by atoms with Crippen LogP contribution >= 0.6 is 0 Å². The van der Waals surface area contributed by atoms with Gasteiger partial charge < -0.3 is 10.0 Å². The van der Waals surface area contributed by atoms with E-state index in [9.17, 15) is 4.79 Å². The molecule has 17 heavy (non-hydrogen) atoms. The first kappa shape index (κ1) is 14.5. The van der Waals surface area contributed by atoms with E-state index in [1.807, 2.05) is 0 Å². The third kappa shape index (κ3) is 4.30. The van der Waals surface area contributed by atoms with Gasteiger partial charge in [0.1, 0.15) is 0 Å². The highest BCUT2D eigenvalue weighted by molar-refractivity contribution is 5.71. The van der Waals surface area contributed by atoms with Crippen LogP contribution in [0.5, 0.6) is 0 Å². The quantitative estimate of drug-likeness (QED) is 0.745. The molecule has 0 radical (unpaired) electrons. The molecule has 0 bridgehead atoms. The van der Waals surface area contributed by atoms with Gasteiger partial charge in [0.05, 0.1) is 5.92 Å². The maximum absolute atomic E-state index is 11.1. The van der Waals surface area contributed by atoms with Crippen LogP contribution in [-0.2, 0) is 4.79 Å². The summed E-state index contributed by atoms with van der Waals surface area (Å²) in [7, 11) is 0. The lowest BCUT2D eigenvalue weighted by Gasteiger charge is -2.22. The summed E-state index contributed by atoms with van der Waals surface area (Å²) >= 11 is 0. The molecule has 3 unspecified atom stereocenters. The SMILES string of the molecule is CCCCC(CC)CN1CC(C)C(C(=O)O)C1. The molecular weight excluding hydrogens is 214 g/mol. The molecule has 3 heteroatoms. The monoisotopic (exact) mass is 241 g/mol. The van der Waals surface area contributed by atoms with Crippen molar-refractivity contribution >= 4 is 5.97 Å². The summed E-state index contributed by atoms with van der Waals surface area (Å²) in [6.45, 7) is 9.33. The maximum atomic E-state index is 11.1. The van der Waals surface area contributed by atoms with Crippen LogP contribution in [0.4, 0.5) is 0 Å². The zero-order chi connectivity index (χ0) is 12.8. The molecule has 1 fully saturated rings. The molecule has 0 saturated carbocycles. The number of hydrogen-bond donors (Lipinski definition) is 1. The van der Waals surface area contributed by atoms with E-state index in [0.29, 0.717) is 5.92 Å². The predicted octanol–water partition coefficient (Wildman–Crippen LogP) is 2.86. The van der Waals surface area contributed by atoms with Crippen molar-refractivity contribution in [1.82, 2.24) is 4.90 Å². The highest BCUT2D eigenvalue weighted by Gasteiger charge is 2.34. The first-order chi connectivity index (χ1) is 8.08.